The largest absolute Gasteiger partial charge is 0.478 e. The second-order valence-corrected chi connectivity index (χ2v) is 4.48. The van der Waals surface area contributed by atoms with Crippen LogP contribution in [0, 0.1) is 5.82 Å². The van der Waals surface area contributed by atoms with Crippen molar-refractivity contribution >= 4 is 17.3 Å². The molecule has 2 rings (SSSR count). The lowest BCUT2D eigenvalue weighted by molar-refractivity contribution is 0.0697. The van der Waals surface area contributed by atoms with Gasteiger partial charge in [0.15, 0.2) is 0 Å². The summed E-state index contributed by atoms with van der Waals surface area (Å²) in [5.41, 5.74) is 0.341. The van der Waals surface area contributed by atoms with E-state index >= 15 is 0 Å². The predicted molar refractivity (Wildman–Crippen MR) is 61.6 cm³/mol. The first-order chi connectivity index (χ1) is 8.49. The number of alkyl halides is 2. The van der Waals surface area contributed by atoms with Crippen LogP contribution >= 0.6 is 11.3 Å². The van der Waals surface area contributed by atoms with Gasteiger partial charge in [-0.05, 0) is 34.7 Å². The summed E-state index contributed by atoms with van der Waals surface area (Å²) in [6.07, 6.45) is -2.60. The first kappa shape index (κ1) is 12.6. The predicted octanol–water partition coefficient (Wildman–Crippen LogP) is 4.19. The van der Waals surface area contributed by atoms with E-state index in [-0.39, 0.29) is 16.0 Å². The number of halogens is 3. The summed E-state index contributed by atoms with van der Waals surface area (Å²) >= 11 is 0.840. The van der Waals surface area contributed by atoms with Crippen LogP contribution in [-0.2, 0) is 0 Å². The van der Waals surface area contributed by atoms with Crippen molar-refractivity contribution in [2.75, 3.05) is 0 Å². The highest BCUT2D eigenvalue weighted by Crippen LogP contribution is 2.33. The average Bonchev–Trinajstić information content (AvgIpc) is 2.78. The Morgan fingerprint density at radius 1 is 1.28 bits per heavy atom. The minimum atomic E-state index is -2.60. The van der Waals surface area contributed by atoms with Crippen LogP contribution in [0.15, 0.2) is 29.6 Å². The molecule has 0 saturated heterocycles. The summed E-state index contributed by atoms with van der Waals surface area (Å²) in [7, 11) is 0. The molecule has 0 aliphatic rings. The summed E-state index contributed by atoms with van der Waals surface area (Å²) in [6, 6.07) is 4.46. The van der Waals surface area contributed by atoms with Crippen molar-refractivity contribution in [3.8, 4) is 11.1 Å². The van der Waals surface area contributed by atoms with E-state index in [0.717, 1.165) is 23.5 Å². The Morgan fingerprint density at radius 2 is 2.00 bits per heavy atom. The van der Waals surface area contributed by atoms with Crippen LogP contribution in [0.25, 0.3) is 11.1 Å². The maximum atomic E-state index is 13.0. The Hall–Kier alpha value is -1.82. The molecule has 0 fully saturated rings. The molecule has 0 unspecified atom stereocenters. The van der Waals surface area contributed by atoms with Crippen molar-refractivity contribution in [1.29, 1.82) is 0 Å². The molecule has 94 valence electrons. The van der Waals surface area contributed by atoms with Crippen molar-refractivity contribution in [2.24, 2.45) is 0 Å². The van der Waals surface area contributed by atoms with Crippen molar-refractivity contribution in [3.63, 3.8) is 0 Å². The molecule has 0 atom stereocenters. The molecule has 1 aromatic heterocycles. The van der Waals surface area contributed by atoms with Gasteiger partial charge >= 0.3 is 5.97 Å². The van der Waals surface area contributed by atoms with Crippen LogP contribution in [0.2, 0.25) is 0 Å². The van der Waals surface area contributed by atoms with Gasteiger partial charge in [0.05, 0.1) is 10.4 Å². The van der Waals surface area contributed by atoms with E-state index in [2.05, 4.69) is 0 Å². The van der Waals surface area contributed by atoms with Gasteiger partial charge in [-0.2, -0.15) is 0 Å². The van der Waals surface area contributed by atoms with Crippen LogP contribution in [-0.4, -0.2) is 11.1 Å². The summed E-state index contributed by atoms with van der Waals surface area (Å²) in [5, 5.41) is 10.4. The molecule has 0 spiro atoms. The monoisotopic (exact) mass is 272 g/mol. The van der Waals surface area contributed by atoms with E-state index in [1.807, 2.05) is 0 Å². The summed E-state index contributed by atoms with van der Waals surface area (Å²) in [6.45, 7) is 0. The highest BCUT2D eigenvalue weighted by Gasteiger charge is 2.16. The Morgan fingerprint density at radius 3 is 2.56 bits per heavy atom. The minimum absolute atomic E-state index is 0.148. The second kappa shape index (κ2) is 4.81. The zero-order valence-electron chi connectivity index (χ0n) is 8.86. The van der Waals surface area contributed by atoms with Gasteiger partial charge in [0.1, 0.15) is 5.82 Å². The fraction of sp³-hybridized carbons (Fsp3) is 0.0833. The Bertz CT molecular complexity index is 593. The van der Waals surface area contributed by atoms with Gasteiger partial charge in [-0.15, -0.1) is 11.3 Å². The maximum absolute atomic E-state index is 13.0. The zero-order chi connectivity index (χ0) is 13.3. The van der Waals surface area contributed by atoms with Crippen molar-refractivity contribution in [2.45, 2.75) is 6.43 Å². The quantitative estimate of drug-likeness (QED) is 0.909. The smallest absolute Gasteiger partial charge is 0.336 e. The van der Waals surface area contributed by atoms with E-state index in [4.69, 9.17) is 5.11 Å². The Balaban J connectivity index is 2.52. The number of hydrogen-bond acceptors (Lipinski definition) is 2. The third-order valence-corrected chi connectivity index (χ3v) is 3.30. The molecular formula is C12H7F3O2S. The SMILES string of the molecule is O=C(O)c1cc(F)ccc1-c1csc(C(F)F)c1. The van der Waals surface area contributed by atoms with E-state index in [9.17, 15) is 18.0 Å². The van der Waals surface area contributed by atoms with E-state index < -0.39 is 18.2 Å². The van der Waals surface area contributed by atoms with Gasteiger partial charge in [0.2, 0.25) is 0 Å². The number of carbonyl (C=O) groups is 1. The third kappa shape index (κ3) is 2.38. The molecule has 1 aromatic carbocycles. The average molecular weight is 272 g/mol. The minimum Gasteiger partial charge on any atom is -0.478 e. The lowest BCUT2D eigenvalue weighted by Crippen LogP contribution is -1.99. The van der Waals surface area contributed by atoms with Gasteiger partial charge in [-0.1, -0.05) is 6.07 Å². The number of aromatic carboxylic acids is 1. The molecule has 0 amide bonds. The molecule has 0 aliphatic carbocycles. The molecule has 0 aliphatic heterocycles. The maximum Gasteiger partial charge on any atom is 0.336 e. The van der Waals surface area contributed by atoms with Crippen molar-refractivity contribution in [3.05, 3.63) is 45.9 Å². The van der Waals surface area contributed by atoms with Crippen LogP contribution < -0.4 is 0 Å². The zero-order valence-corrected chi connectivity index (χ0v) is 9.68. The molecule has 2 nitrogen and oxygen atoms in total. The summed E-state index contributed by atoms with van der Waals surface area (Å²) < 4.78 is 37.9. The topological polar surface area (TPSA) is 37.3 Å². The number of carboxylic acid groups (broad SMARTS) is 1. The molecule has 0 bridgehead atoms. The third-order valence-electron chi connectivity index (χ3n) is 2.36. The summed E-state index contributed by atoms with van der Waals surface area (Å²) in [5.74, 6) is -1.98. The lowest BCUT2D eigenvalue weighted by Gasteiger charge is -2.03. The standard InChI is InChI=1S/C12H7F3O2S/c13-7-1-2-8(9(4-7)12(16)17)6-3-10(11(14)15)18-5-6/h1-5,11H,(H,16,17). The second-order valence-electron chi connectivity index (χ2n) is 3.53. The van der Waals surface area contributed by atoms with Crippen molar-refractivity contribution in [1.82, 2.24) is 0 Å². The number of carboxylic acids is 1. The first-order valence-electron chi connectivity index (χ1n) is 4.89. The fourth-order valence-electron chi connectivity index (χ4n) is 1.55. The first-order valence-corrected chi connectivity index (χ1v) is 5.77. The Kier molecular flexibility index (Phi) is 3.38. The van der Waals surface area contributed by atoms with Crippen LogP contribution in [0.3, 0.4) is 0 Å². The highest BCUT2D eigenvalue weighted by molar-refractivity contribution is 7.10. The highest BCUT2D eigenvalue weighted by atomic mass is 32.1. The van der Waals surface area contributed by atoms with Gasteiger partial charge in [-0.3, -0.25) is 0 Å². The molecule has 0 radical (unpaired) electrons. The van der Waals surface area contributed by atoms with E-state index in [1.165, 1.54) is 17.5 Å². The molecule has 2 aromatic rings. The molecule has 6 heteroatoms. The van der Waals surface area contributed by atoms with E-state index in [0.29, 0.717) is 5.56 Å². The number of thiophene rings is 1. The Labute approximate surface area is 104 Å². The van der Waals surface area contributed by atoms with Gasteiger partial charge in [-0.25, -0.2) is 18.0 Å². The molecule has 18 heavy (non-hydrogen) atoms. The van der Waals surface area contributed by atoms with Crippen LogP contribution in [0.4, 0.5) is 13.2 Å². The van der Waals surface area contributed by atoms with E-state index in [1.54, 1.807) is 0 Å². The number of benzene rings is 1. The van der Waals surface area contributed by atoms with Gasteiger partial charge in [0.25, 0.3) is 6.43 Å². The van der Waals surface area contributed by atoms with Crippen LogP contribution in [0.1, 0.15) is 21.7 Å². The summed E-state index contributed by atoms with van der Waals surface area (Å²) in [4.78, 5) is 10.8. The number of hydrogen-bond donors (Lipinski definition) is 1. The van der Waals surface area contributed by atoms with Crippen molar-refractivity contribution < 1.29 is 23.1 Å². The molecule has 0 saturated carbocycles. The normalized spacial score (nSPS) is 10.9. The number of rotatable bonds is 3. The lowest BCUT2D eigenvalue weighted by atomic mass is 10.0. The molecule has 1 N–H and O–H groups in total. The molecule has 1 heterocycles. The van der Waals surface area contributed by atoms with Crippen LogP contribution in [0.5, 0.6) is 0 Å². The van der Waals surface area contributed by atoms with Gasteiger partial charge in [0, 0.05) is 0 Å². The fourth-order valence-corrected chi connectivity index (χ4v) is 2.31. The molecular weight excluding hydrogens is 265 g/mol. The van der Waals surface area contributed by atoms with Gasteiger partial charge < -0.3 is 5.11 Å².